The van der Waals surface area contributed by atoms with Crippen LogP contribution in [0, 0.1) is 0 Å². The largest absolute Gasteiger partial charge is 0.497 e. The molecule has 32 heavy (non-hydrogen) atoms. The number of carbonyl (C=O) groups is 2. The minimum Gasteiger partial charge on any atom is -0.497 e. The topological polar surface area (TPSA) is 58.6 Å². The lowest BCUT2D eigenvalue weighted by molar-refractivity contribution is -0.121. The van der Waals surface area contributed by atoms with Crippen LogP contribution in [-0.4, -0.2) is 49.4 Å². The summed E-state index contributed by atoms with van der Waals surface area (Å²) in [6, 6.07) is 17.4. The third-order valence-corrected chi connectivity index (χ3v) is 5.79. The number of methoxy groups -OCH3 is 1. The van der Waals surface area contributed by atoms with E-state index < -0.39 is 0 Å². The average Bonchev–Trinajstić information content (AvgIpc) is 3.33. The number of carbonyl (C=O) groups excluding carboxylic acids is 2. The van der Waals surface area contributed by atoms with Crippen molar-refractivity contribution >= 4 is 17.8 Å². The Hall–Kier alpha value is -2.92. The molecule has 1 atom stereocenters. The molecule has 1 N–H and O–H groups in total. The third-order valence-electron chi connectivity index (χ3n) is 5.79. The van der Waals surface area contributed by atoms with E-state index in [1.54, 1.807) is 31.4 Å². The molecule has 0 radical (unpaired) electrons. The fourth-order valence-electron chi connectivity index (χ4n) is 4.02. The molecule has 3 rings (SSSR count). The van der Waals surface area contributed by atoms with Crippen LogP contribution in [0.4, 0.5) is 0 Å². The normalized spacial score (nSPS) is 15.0. The van der Waals surface area contributed by atoms with E-state index in [1.807, 2.05) is 18.2 Å². The van der Waals surface area contributed by atoms with E-state index >= 15 is 0 Å². The second-order valence-corrected chi connectivity index (χ2v) is 8.33. The maximum atomic E-state index is 12.6. The van der Waals surface area contributed by atoms with Crippen molar-refractivity contribution in [3.05, 3.63) is 71.8 Å². The molecule has 1 aliphatic rings. The first-order chi connectivity index (χ1) is 15.6. The van der Waals surface area contributed by atoms with Crippen molar-refractivity contribution in [2.75, 3.05) is 26.7 Å². The van der Waals surface area contributed by atoms with Gasteiger partial charge in [-0.05, 0) is 68.6 Å². The number of hydrogen-bond donors (Lipinski definition) is 1. The molecule has 2 aromatic rings. The van der Waals surface area contributed by atoms with E-state index in [2.05, 4.69) is 34.5 Å². The number of likely N-dealkylation sites (tertiary alicyclic amines) is 1. The summed E-state index contributed by atoms with van der Waals surface area (Å²) in [5, 5.41) is 3.20. The summed E-state index contributed by atoms with van der Waals surface area (Å²) in [7, 11) is 1.60. The number of hydrogen-bond acceptors (Lipinski definition) is 4. The molecule has 0 aliphatic carbocycles. The zero-order valence-electron chi connectivity index (χ0n) is 19.0. The molecule has 2 aromatic carbocycles. The van der Waals surface area contributed by atoms with E-state index in [-0.39, 0.29) is 17.7 Å². The van der Waals surface area contributed by atoms with Gasteiger partial charge in [0.2, 0.25) is 5.91 Å². The van der Waals surface area contributed by atoms with E-state index in [4.69, 9.17) is 4.74 Å². The molecule has 1 saturated heterocycles. The van der Waals surface area contributed by atoms with Crippen molar-refractivity contribution < 1.29 is 14.3 Å². The highest BCUT2D eigenvalue weighted by molar-refractivity contribution is 5.96. The van der Waals surface area contributed by atoms with Gasteiger partial charge in [0, 0.05) is 31.0 Å². The highest BCUT2D eigenvalue weighted by Gasteiger charge is 2.18. The van der Waals surface area contributed by atoms with Crippen molar-refractivity contribution in [1.82, 2.24) is 10.2 Å². The van der Waals surface area contributed by atoms with Crippen molar-refractivity contribution in [2.24, 2.45) is 0 Å². The predicted molar refractivity (Wildman–Crippen MR) is 129 cm³/mol. The lowest BCUT2D eigenvalue weighted by Crippen LogP contribution is -2.42. The first-order valence-electron chi connectivity index (χ1n) is 11.5. The number of rotatable bonds is 12. The van der Waals surface area contributed by atoms with Gasteiger partial charge < -0.3 is 15.0 Å². The molecule has 1 fully saturated rings. The van der Waals surface area contributed by atoms with Crippen LogP contribution >= 0.6 is 0 Å². The van der Waals surface area contributed by atoms with Gasteiger partial charge in [-0.25, -0.2) is 0 Å². The quantitative estimate of drug-likeness (QED) is 0.491. The van der Waals surface area contributed by atoms with Crippen LogP contribution in [0.2, 0.25) is 0 Å². The Morgan fingerprint density at radius 2 is 1.75 bits per heavy atom. The Balaban J connectivity index is 1.46. The van der Waals surface area contributed by atoms with Gasteiger partial charge in [-0.15, -0.1) is 0 Å². The molecule has 0 saturated carbocycles. The third kappa shape index (κ3) is 7.97. The van der Waals surface area contributed by atoms with Crippen LogP contribution < -0.4 is 10.1 Å². The number of nitrogens with one attached hydrogen (secondary N) is 1. The molecule has 0 bridgehead atoms. The molecule has 1 amide bonds. The highest BCUT2D eigenvalue weighted by Crippen LogP contribution is 2.14. The van der Waals surface area contributed by atoms with Crippen molar-refractivity contribution in [1.29, 1.82) is 0 Å². The van der Waals surface area contributed by atoms with Gasteiger partial charge >= 0.3 is 0 Å². The zero-order valence-corrected chi connectivity index (χ0v) is 19.0. The molecule has 0 aromatic heterocycles. The number of amides is 1. The van der Waals surface area contributed by atoms with Gasteiger partial charge in [0.15, 0.2) is 5.78 Å². The summed E-state index contributed by atoms with van der Waals surface area (Å²) in [5.74, 6) is 0.802. The predicted octanol–water partition coefficient (Wildman–Crippen LogP) is 4.73. The van der Waals surface area contributed by atoms with Gasteiger partial charge in [-0.1, -0.05) is 42.5 Å². The second kappa shape index (κ2) is 12.8. The van der Waals surface area contributed by atoms with Crippen molar-refractivity contribution in [2.45, 2.75) is 44.6 Å². The second-order valence-electron chi connectivity index (χ2n) is 8.33. The molecular weight excluding hydrogens is 400 g/mol. The fourth-order valence-corrected chi connectivity index (χ4v) is 4.02. The first kappa shape index (κ1) is 23.7. The summed E-state index contributed by atoms with van der Waals surface area (Å²) in [6.45, 7) is 3.08. The van der Waals surface area contributed by atoms with Crippen LogP contribution in [0.5, 0.6) is 5.75 Å². The molecule has 5 nitrogen and oxygen atoms in total. The summed E-state index contributed by atoms with van der Waals surface area (Å²) < 4.78 is 5.13. The molecule has 170 valence electrons. The SMILES string of the molecule is COc1ccc(C(=O)CCCC(=O)NC(C/C=C/c2ccccc2)CN2CCCC2)cc1. The maximum absolute atomic E-state index is 12.6. The Morgan fingerprint density at radius 1 is 1.03 bits per heavy atom. The number of benzene rings is 2. The summed E-state index contributed by atoms with van der Waals surface area (Å²) in [6.07, 6.45) is 8.78. The van der Waals surface area contributed by atoms with Crippen LogP contribution in [0.25, 0.3) is 6.08 Å². The van der Waals surface area contributed by atoms with Crippen LogP contribution in [0.1, 0.15) is 54.4 Å². The molecule has 1 unspecified atom stereocenters. The lowest BCUT2D eigenvalue weighted by Gasteiger charge is -2.23. The standard InChI is InChI=1S/C27H34N2O3/c1-32-25-17-15-23(16-18-25)26(30)13-8-14-27(31)28-24(21-29-19-5-6-20-29)12-7-11-22-9-3-2-4-10-22/h2-4,7,9-11,15-18,24H,5-6,8,12-14,19-21H2,1H3,(H,28,31)/b11-7+. The Kier molecular flexibility index (Phi) is 9.51. The van der Waals surface area contributed by atoms with Crippen molar-refractivity contribution in [3.63, 3.8) is 0 Å². The van der Waals surface area contributed by atoms with Crippen LogP contribution in [0.15, 0.2) is 60.7 Å². The van der Waals surface area contributed by atoms with Gasteiger partial charge in [-0.3, -0.25) is 9.59 Å². The van der Waals surface area contributed by atoms with Gasteiger partial charge in [0.1, 0.15) is 5.75 Å². The number of nitrogens with zero attached hydrogens (tertiary/aromatic N) is 1. The summed E-state index contributed by atoms with van der Waals surface area (Å²) in [5.41, 5.74) is 1.82. The molecule has 1 aliphatic heterocycles. The van der Waals surface area contributed by atoms with E-state index in [1.165, 1.54) is 12.8 Å². The molecule has 0 spiro atoms. The fraction of sp³-hybridized carbons (Fsp3) is 0.407. The molecule has 1 heterocycles. The van der Waals surface area contributed by atoms with Gasteiger partial charge in [0.05, 0.1) is 7.11 Å². The van der Waals surface area contributed by atoms with Crippen LogP contribution in [-0.2, 0) is 4.79 Å². The minimum atomic E-state index is 0.0184. The molecular formula is C27H34N2O3. The smallest absolute Gasteiger partial charge is 0.220 e. The number of ether oxygens (including phenoxy) is 1. The number of Topliss-reactive ketones (excluding diaryl/α,β-unsaturated/α-hetero) is 1. The van der Waals surface area contributed by atoms with Gasteiger partial charge in [0.25, 0.3) is 0 Å². The Labute approximate surface area is 191 Å². The van der Waals surface area contributed by atoms with E-state index in [0.29, 0.717) is 24.8 Å². The van der Waals surface area contributed by atoms with Gasteiger partial charge in [-0.2, -0.15) is 0 Å². The average molecular weight is 435 g/mol. The lowest BCUT2D eigenvalue weighted by atomic mass is 10.0. The maximum Gasteiger partial charge on any atom is 0.220 e. The van der Waals surface area contributed by atoms with E-state index in [0.717, 1.165) is 37.4 Å². The van der Waals surface area contributed by atoms with Crippen LogP contribution in [0.3, 0.4) is 0 Å². The van der Waals surface area contributed by atoms with E-state index in [9.17, 15) is 9.59 Å². The minimum absolute atomic E-state index is 0.0184. The highest BCUT2D eigenvalue weighted by atomic mass is 16.5. The number of ketones is 1. The Bertz CT molecular complexity index is 872. The summed E-state index contributed by atoms with van der Waals surface area (Å²) >= 11 is 0. The van der Waals surface area contributed by atoms with Crippen molar-refractivity contribution in [3.8, 4) is 5.75 Å². The summed E-state index contributed by atoms with van der Waals surface area (Å²) in [4.78, 5) is 27.4. The zero-order chi connectivity index (χ0) is 22.6. The molecule has 5 heteroatoms. The first-order valence-corrected chi connectivity index (χ1v) is 11.5. The monoisotopic (exact) mass is 434 g/mol. The Morgan fingerprint density at radius 3 is 2.44 bits per heavy atom.